The first-order valence-corrected chi connectivity index (χ1v) is 17.0. The topological polar surface area (TPSA) is 21.3 Å². The van der Waals surface area contributed by atoms with E-state index in [-0.39, 0.29) is 6.85 Å². The molecule has 0 saturated carbocycles. The summed E-state index contributed by atoms with van der Waals surface area (Å²) < 4.78 is 9.55. The minimum absolute atomic E-state index is 0.0489. The fourth-order valence-electron chi connectivity index (χ4n) is 8.75. The summed E-state index contributed by atoms with van der Waals surface area (Å²) in [6.45, 7) is 2.19. The molecule has 49 heavy (non-hydrogen) atoms. The molecule has 11 rings (SSSR count). The second kappa shape index (κ2) is 9.88. The number of aromatic nitrogens is 1. The van der Waals surface area contributed by atoms with Crippen LogP contribution in [0.5, 0.6) is 0 Å². The van der Waals surface area contributed by atoms with E-state index >= 15 is 0 Å². The van der Waals surface area contributed by atoms with Gasteiger partial charge < -0.3 is 13.8 Å². The van der Waals surface area contributed by atoms with Crippen LogP contribution in [-0.4, -0.2) is 11.3 Å². The van der Waals surface area contributed by atoms with Crippen molar-refractivity contribution in [1.29, 1.82) is 0 Å². The normalized spacial score (nSPS) is 12.9. The SMILES string of the molecule is Cc1ccccc1-c1c(-c2ccccc2)n2c3c(c4oc5ccccc5c4cc13)-c1cccc3c1B2c1ccccc1N3c1ccccc1. The predicted molar refractivity (Wildman–Crippen MR) is 205 cm³/mol. The Balaban J connectivity index is 1.40. The van der Waals surface area contributed by atoms with Crippen LogP contribution in [0.1, 0.15) is 5.56 Å². The van der Waals surface area contributed by atoms with Crippen molar-refractivity contribution in [3.8, 4) is 33.5 Å². The van der Waals surface area contributed by atoms with Gasteiger partial charge in [-0.2, -0.15) is 0 Å². The molecule has 0 saturated heterocycles. The van der Waals surface area contributed by atoms with E-state index in [1.807, 2.05) is 0 Å². The Hall–Kier alpha value is -6.26. The molecule has 0 unspecified atom stereocenters. The summed E-state index contributed by atoms with van der Waals surface area (Å²) in [5.74, 6) is 0. The van der Waals surface area contributed by atoms with Gasteiger partial charge in [0.1, 0.15) is 11.2 Å². The van der Waals surface area contributed by atoms with E-state index < -0.39 is 0 Å². The van der Waals surface area contributed by atoms with Gasteiger partial charge in [0.05, 0.1) is 0 Å². The second-order valence-electron chi connectivity index (χ2n) is 13.3. The third-order valence-corrected chi connectivity index (χ3v) is 10.7. The van der Waals surface area contributed by atoms with Crippen LogP contribution in [0.15, 0.2) is 162 Å². The third-order valence-electron chi connectivity index (χ3n) is 10.7. The van der Waals surface area contributed by atoms with Crippen LogP contribution >= 0.6 is 0 Å². The van der Waals surface area contributed by atoms with Crippen LogP contribution in [0.25, 0.3) is 66.4 Å². The van der Waals surface area contributed by atoms with E-state index in [0.717, 1.165) is 27.6 Å². The van der Waals surface area contributed by atoms with Crippen LogP contribution in [-0.2, 0) is 0 Å². The fraction of sp³-hybridized carbons (Fsp3) is 0.0222. The molecule has 0 radical (unpaired) electrons. The van der Waals surface area contributed by atoms with E-state index in [0.29, 0.717) is 0 Å². The number of rotatable bonds is 3. The lowest BCUT2D eigenvalue weighted by Crippen LogP contribution is -2.56. The standard InChI is InChI=1S/C45H29BN2O/c1-28-15-8-9-20-31(28)40-35-27-34-32-21-10-13-26-39(32)49-45(34)41-33-22-14-25-38-42(33)46(48(44(35)41)43(40)29-16-4-2-5-17-29)36-23-11-12-24-37(36)47(38)30-18-6-3-7-19-30/h2-27H,1H3. The lowest BCUT2D eigenvalue weighted by Gasteiger charge is -2.40. The number of para-hydroxylation sites is 3. The first kappa shape index (κ1) is 26.8. The Labute approximate surface area is 284 Å². The first-order chi connectivity index (χ1) is 24.3. The summed E-state index contributed by atoms with van der Waals surface area (Å²) in [6.07, 6.45) is 0. The molecule has 4 heterocycles. The number of benzene rings is 7. The third kappa shape index (κ3) is 3.53. The predicted octanol–water partition coefficient (Wildman–Crippen LogP) is 10.6. The Morgan fingerprint density at radius 2 is 1.24 bits per heavy atom. The monoisotopic (exact) mass is 624 g/mol. The molecule has 0 fully saturated rings. The summed E-state index contributed by atoms with van der Waals surface area (Å²) in [5.41, 5.74) is 17.8. The van der Waals surface area contributed by atoms with E-state index in [4.69, 9.17) is 4.42 Å². The Bertz CT molecular complexity index is 2790. The number of aryl methyl sites for hydroxylation is 1. The van der Waals surface area contributed by atoms with Crippen LogP contribution in [0.3, 0.4) is 0 Å². The van der Waals surface area contributed by atoms with Crippen molar-refractivity contribution < 1.29 is 4.42 Å². The van der Waals surface area contributed by atoms with Gasteiger partial charge in [-0.3, -0.25) is 0 Å². The maximum absolute atomic E-state index is 6.89. The van der Waals surface area contributed by atoms with E-state index in [2.05, 4.69) is 174 Å². The molecule has 3 nitrogen and oxygen atoms in total. The van der Waals surface area contributed by atoms with Gasteiger partial charge in [-0.15, -0.1) is 0 Å². The van der Waals surface area contributed by atoms with Crippen molar-refractivity contribution in [2.24, 2.45) is 0 Å². The molecule has 0 atom stereocenters. The average molecular weight is 625 g/mol. The zero-order valence-electron chi connectivity index (χ0n) is 26.9. The van der Waals surface area contributed by atoms with Crippen molar-refractivity contribution in [3.05, 3.63) is 163 Å². The molecule has 2 aliphatic rings. The van der Waals surface area contributed by atoms with Crippen LogP contribution in [0.4, 0.5) is 17.1 Å². The quantitative estimate of drug-likeness (QED) is 0.183. The highest BCUT2D eigenvalue weighted by molar-refractivity contribution is 6.90. The molecule has 228 valence electrons. The molecular formula is C45H29BN2O. The van der Waals surface area contributed by atoms with Gasteiger partial charge in [-0.1, -0.05) is 121 Å². The summed E-state index contributed by atoms with van der Waals surface area (Å²) >= 11 is 0. The van der Waals surface area contributed by atoms with E-state index in [1.165, 1.54) is 72.3 Å². The van der Waals surface area contributed by atoms with Gasteiger partial charge in [0, 0.05) is 55.6 Å². The van der Waals surface area contributed by atoms with Gasteiger partial charge in [0.25, 0.3) is 0 Å². The van der Waals surface area contributed by atoms with Crippen molar-refractivity contribution >= 4 is 67.7 Å². The minimum atomic E-state index is -0.0489. The molecule has 0 N–H and O–H groups in total. The number of hydrogen-bond donors (Lipinski definition) is 0. The van der Waals surface area contributed by atoms with Gasteiger partial charge in [-0.25, -0.2) is 0 Å². The summed E-state index contributed by atoms with van der Waals surface area (Å²) in [6, 6.07) is 57.3. The van der Waals surface area contributed by atoms with Gasteiger partial charge in [0.2, 0.25) is 0 Å². The number of hydrogen-bond acceptors (Lipinski definition) is 2. The van der Waals surface area contributed by atoms with Crippen LogP contribution in [0, 0.1) is 6.92 Å². The van der Waals surface area contributed by atoms with Crippen molar-refractivity contribution in [3.63, 3.8) is 0 Å². The number of anilines is 3. The molecule has 2 aromatic heterocycles. The fourth-order valence-corrected chi connectivity index (χ4v) is 8.75. The minimum Gasteiger partial charge on any atom is -0.455 e. The Morgan fingerprint density at radius 1 is 0.551 bits per heavy atom. The molecule has 0 bridgehead atoms. The van der Waals surface area contributed by atoms with Gasteiger partial charge >= 0.3 is 6.85 Å². The number of furan rings is 1. The van der Waals surface area contributed by atoms with Crippen molar-refractivity contribution in [2.75, 3.05) is 4.90 Å². The highest BCUT2D eigenvalue weighted by Crippen LogP contribution is 2.52. The summed E-state index contributed by atoms with van der Waals surface area (Å²) in [4.78, 5) is 2.44. The molecule has 0 amide bonds. The zero-order chi connectivity index (χ0) is 32.2. The molecule has 0 spiro atoms. The maximum atomic E-state index is 6.89. The summed E-state index contributed by atoms with van der Waals surface area (Å²) in [7, 11) is 0. The maximum Gasteiger partial charge on any atom is 0.333 e. The molecule has 0 aliphatic carbocycles. The molecule has 9 aromatic rings. The number of nitrogens with zero attached hydrogens (tertiary/aromatic N) is 2. The van der Waals surface area contributed by atoms with Crippen molar-refractivity contribution in [1.82, 2.24) is 4.48 Å². The lowest BCUT2D eigenvalue weighted by molar-refractivity contribution is 0.670. The highest BCUT2D eigenvalue weighted by Gasteiger charge is 2.44. The summed E-state index contributed by atoms with van der Waals surface area (Å²) in [5, 5.41) is 3.54. The Kier molecular flexibility index (Phi) is 5.40. The van der Waals surface area contributed by atoms with E-state index in [9.17, 15) is 0 Å². The molecule has 4 heteroatoms. The van der Waals surface area contributed by atoms with E-state index in [1.54, 1.807) is 0 Å². The van der Waals surface area contributed by atoms with Gasteiger partial charge in [0.15, 0.2) is 0 Å². The highest BCUT2D eigenvalue weighted by atomic mass is 16.3. The van der Waals surface area contributed by atoms with Crippen LogP contribution < -0.4 is 15.8 Å². The smallest absolute Gasteiger partial charge is 0.333 e. The Morgan fingerprint density at radius 3 is 2.10 bits per heavy atom. The largest absolute Gasteiger partial charge is 0.455 e. The molecular weight excluding hydrogens is 595 g/mol. The zero-order valence-corrected chi connectivity index (χ0v) is 26.9. The second-order valence-corrected chi connectivity index (χ2v) is 13.3. The van der Waals surface area contributed by atoms with Crippen LogP contribution in [0.2, 0.25) is 0 Å². The molecule has 2 aliphatic heterocycles. The average Bonchev–Trinajstić information content (AvgIpc) is 3.70. The number of fused-ring (bicyclic) bond motifs is 8. The lowest BCUT2D eigenvalue weighted by atomic mass is 9.45. The molecule has 7 aromatic carbocycles. The van der Waals surface area contributed by atoms with Crippen molar-refractivity contribution in [2.45, 2.75) is 6.92 Å². The van der Waals surface area contributed by atoms with Gasteiger partial charge in [-0.05, 0) is 76.5 Å². The first-order valence-electron chi connectivity index (χ1n) is 17.0.